The zero-order valence-corrected chi connectivity index (χ0v) is 21.0. The minimum atomic E-state index is -0.981. The number of amides is 2. The van der Waals surface area contributed by atoms with E-state index in [4.69, 9.17) is 24.1 Å². The van der Waals surface area contributed by atoms with Gasteiger partial charge < -0.3 is 33.9 Å². The molecule has 1 aromatic rings. The van der Waals surface area contributed by atoms with Crippen LogP contribution in [-0.2, 0) is 9.53 Å². The van der Waals surface area contributed by atoms with Gasteiger partial charge in [0.1, 0.15) is 5.60 Å². The van der Waals surface area contributed by atoms with Gasteiger partial charge in [-0.15, -0.1) is 0 Å². The maximum atomic E-state index is 13.1. The second kappa shape index (κ2) is 12.7. The van der Waals surface area contributed by atoms with Gasteiger partial charge in [-0.3, -0.25) is 4.79 Å². The van der Waals surface area contributed by atoms with Crippen molar-refractivity contribution in [1.82, 2.24) is 9.80 Å². The molecule has 2 amide bonds. The van der Waals surface area contributed by atoms with Crippen molar-refractivity contribution in [2.24, 2.45) is 0 Å². The van der Waals surface area contributed by atoms with E-state index in [1.807, 2.05) is 27.7 Å². The first-order valence-electron chi connectivity index (χ1n) is 10.9. The van der Waals surface area contributed by atoms with Crippen molar-refractivity contribution in [1.29, 1.82) is 0 Å². The largest absolute Gasteiger partial charge is 0.493 e. The minimum absolute atomic E-state index is 0.107. The Kier molecular flexibility index (Phi) is 10.7. The molecule has 1 fully saturated rings. The van der Waals surface area contributed by atoms with Crippen LogP contribution in [0.2, 0.25) is 0 Å². The van der Waals surface area contributed by atoms with Crippen molar-refractivity contribution < 1.29 is 38.4 Å². The first-order valence-corrected chi connectivity index (χ1v) is 10.9. The predicted molar refractivity (Wildman–Crippen MR) is 127 cm³/mol. The zero-order chi connectivity index (χ0) is 26.1. The van der Waals surface area contributed by atoms with Gasteiger partial charge in [0.2, 0.25) is 5.75 Å². The summed E-state index contributed by atoms with van der Waals surface area (Å²) in [7, 11) is 4.54. The molecule has 0 aliphatic carbocycles. The fraction of sp³-hybridized carbons (Fsp3) is 0.542. The van der Waals surface area contributed by atoms with E-state index in [0.717, 1.165) is 12.5 Å². The molecule has 0 aromatic heterocycles. The van der Waals surface area contributed by atoms with E-state index in [0.29, 0.717) is 42.4 Å². The highest BCUT2D eigenvalue weighted by molar-refractivity contribution is 5.96. The lowest BCUT2D eigenvalue weighted by Gasteiger charge is -2.41. The number of carboxylic acid groups (broad SMARTS) is 1. The van der Waals surface area contributed by atoms with Crippen LogP contribution in [0.3, 0.4) is 0 Å². The highest BCUT2D eigenvalue weighted by Crippen LogP contribution is 2.38. The normalized spacial score (nSPS) is 15.4. The molecule has 10 nitrogen and oxygen atoms in total. The molecular formula is C24H36N2O8. The SMILES string of the molecule is C=CC(=O)O.CCC1CN(C(=O)c2cc(OC)c(OC)c(OC)c2)CCN1C(=O)OC(C)(C)C. The smallest absolute Gasteiger partial charge is 0.410 e. The third-order valence-corrected chi connectivity index (χ3v) is 4.96. The lowest BCUT2D eigenvalue weighted by Crippen LogP contribution is -2.57. The number of carbonyl (C=O) groups excluding carboxylic acids is 2. The Morgan fingerprint density at radius 1 is 1.09 bits per heavy atom. The van der Waals surface area contributed by atoms with Crippen LogP contribution in [0.15, 0.2) is 24.8 Å². The average molecular weight is 481 g/mol. The number of carbonyl (C=O) groups is 3. The number of benzene rings is 1. The molecule has 10 heteroatoms. The molecule has 1 aromatic carbocycles. The molecule has 0 spiro atoms. The number of rotatable bonds is 6. The number of aliphatic carboxylic acids is 1. The van der Waals surface area contributed by atoms with Crippen LogP contribution in [-0.4, -0.2) is 85.5 Å². The van der Waals surface area contributed by atoms with Gasteiger partial charge in [-0.2, -0.15) is 0 Å². The predicted octanol–water partition coefficient (Wildman–Crippen LogP) is 3.44. The van der Waals surface area contributed by atoms with Gasteiger partial charge in [0.25, 0.3) is 5.91 Å². The molecule has 1 atom stereocenters. The second-order valence-corrected chi connectivity index (χ2v) is 8.44. The monoisotopic (exact) mass is 480 g/mol. The highest BCUT2D eigenvalue weighted by atomic mass is 16.6. The van der Waals surface area contributed by atoms with Crippen molar-refractivity contribution >= 4 is 18.0 Å². The second-order valence-electron chi connectivity index (χ2n) is 8.44. The Bertz CT molecular complexity index is 853. The summed E-state index contributed by atoms with van der Waals surface area (Å²) in [5.74, 6) is 0.161. The number of nitrogens with zero attached hydrogens (tertiary/aromatic N) is 2. The topological polar surface area (TPSA) is 115 Å². The molecule has 1 aliphatic rings. The minimum Gasteiger partial charge on any atom is -0.493 e. The standard InChI is InChI=1S/C21H32N2O6.C3H4O2/c1-8-15-13-22(9-10-23(15)20(25)29-21(2,3)4)19(24)14-11-16(26-5)18(28-7)17(12-14)27-6;1-2-3(4)5/h11-12,15H,8-10,13H2,1-7H3;2H,1H2,(H,4,5). The van der Waals surface area contributed by atoms with Gasteiger partial charge in [-0.1, -0.05) is 13.5 Å². The fourth-order valence-corrected chi connectivity index (χ4v) is 3.34. The van der Waals surface area contributed by atoms with Crippen molar-refractivity contribution in [3.05, 3.63) is 30.4 Å². The molecule has 2 rings (SSSR count). The molecule has 0 bridgehead atoms. The molecule has 1 heterocycles. The average Bonchev–Trinajstić information content (AvgIpc) is 2.81. The molecule has 190 valence electrons. The maximum Gasteiger partial charge on any atom is 0.410 e. The summed E-state index contributed by atoms with van der Waals surface area (Å²) < 4.78 is 21.5. The maximum absolute atomic E-state index is 13.1. The Morgan fingerprint density at radius 3 is 2.00 bits per heavy atom. The molecule has 1 aliphatic heterocycles. The quantitative estimate of drug-likeness (QED) is 0.616. The third kappa shape index (κ3) is 7.86. The first kappa shape index (κ1) is 28.6. The Hall–Kier alpha value is -3.43. The molecule has 1 N–H and O–H groups in total. The number of carboxylic acids is 1. The van der Waals surface area contributed by atoms with E-state index in [1.54, 1.807) is 21.9 Å². The summed E-state index contributed by atoms with van der Waals surface area (Å²) in [5.41, 5.74) is -0.113. The number of hydrogen-bond donors (Lipinski definition) is 1. The number of piperazine rings is 1. The van der Waals surface area contributed by atoms with Crippen LogP contribution in [0.25, 0.3) is 0 Å². The number of hydrogen-bond acceptors (Lipinski definition) is 7. The van der Waals surface area contributed by atoms with Gasteiger partial charge in [-0.05, 0) is 39.3 Å². The Balaban J connectivity index is 0.00000104. The van der Waals surface area contributed by atoms with Crippen LogP contribution in [0, 0.1) is 0 Å². The Labute approximate surface area is 201 Å². The summed E-state index contributed by atoms with van der Waals surface area (Å²) in [6.07, 6.45) is 1.21. The summed E-state index contributed by atoms with van der Waals surface area (Å²) in [6, 6.07) is 3.18. The van der Waals surface area contributed by atoms with Crippen molar-refractivity contribution in [3.63, 3.8) is 0 Å². The molecule has 0 radical (unpaired) electrons. The number of methoxy groups -OCH3 is 3. The molecule has 1 unspecified atom stereocenters. The van der Waals surface area contributed by atoms with Gasteiger partial charge in [0, 0.05) is 31.3 Å². The van der Waals surface area contributed by atoms with Crippen LogP contribution >= 0.6 is 0 Å². The van der Waals surface area contributed by atoms with Crippen LogP contribution in [0.5, 0.6) is 17.2 Å². The van der Waals surface area contributed by atoms with E-state index in [-0.39, 0.29) is 18.0 Å². The molecular weight excluding hydrogens is 444 g/mol. The Morgan fingerprint density at radius 2 is 1.62 bits per heavy atom. The van der Waals surface area contributed by atoms with Crippen LogP contribution in [0.4, 0.5) is 4.79 Å². The van der Waals surface area contributed by atoms with E-state index in [2.05, 4.69) is 6.58 Å². The van der Waals surface area contributed by atoms with E-state index in [1.165, 1.54) is 21.3 Å². The van der Waals surface area contributed by atoms with Crippen molar-refractivity contribution in [2.75, 3.05) is 41.0 Å². The summed E-state index contributed by atoms with van der Waals surface area (Å²) >= 11 is 0. The lowest BCUT2D eigenvalue weighted by molar-refractivity contribution is -0.131. The summed E-state index contributed by atoms with van der Waals surface area (Å²) in [4.78, 5) is 38.4. The molecule has 0 saturated carbocycles. The number of ether oxygens (including phenoxy) is 4. The van der Waals surface area contributed by atoms with Gasteiger partial charge in [0.05, 0.1) is 27.4 Å². The summed E-state index contributed by atoms with van der Waals surface area (Å²) in [6.45, 7) is 11.8. The zero-order valence-electron chi connectivity index (χ0n) is 21.0. The van der Waals surface area contributed by atoms with Crippen molar-refractivity contribution in [2.45, 2.75) is 45.8 Å². The van der Waals surface area contributed by atoms with E-state index >= 15 is 0 Å². The lowest BCUT2D eigenvalue weighted by atomic mass is 10.1. The van der Waals surface area contributed by atoms with Gasteiger partial charge in [0.15, 0.2) is 11.5 Å². The van der Waals surface area contributed by atoms with Crippen LogP contribution in [0.1, 0.15) is 44.5 Å². The van der Waals surface area contributed by atoms with Gasteiger partial charge >= 0.3 is 12.1 Å². The molecule has 1 saturated heterocycles. The van der Waals surface area contributed by atoms with E-state index < -0.39 is 11.6 Å². The summed E-state index contributed by atoms with van der Waals surface area (Å²) in [5, 5.41) is 7.60. The van der Waals surface area contributed by atoms with E-state index in [9.17, 15) is 14.4 Å². The van der Waals surface area contributed by atoms with Crippen molar-refractivity contribution in [3.8, 4) is 17.2 Å². The first-order chi connectivity index (χ1) is 15.9. The fourth-order valence-electron chi connectivity index (χ4n) is 3.34. The third-order valence-electron chi connectivity index (χ3n) is 4.96. The van der Waals surface area contributed by atoms with Crippen LogP contribution < -0.4 is 14.2 Å². The van der Waals surface area contributed by atoms with Gasteiger partial charge in [-0.25, -0.2) is 9.59 Å². The molecule has 34 heavy (non-hydrogen) atoms. The highest BCUT2D eigenvalue weighted by Gasteiger charge is 2.34.